The molecule has 0 aliphatic carbocycles. The number of hydrogen-bond acceptors (Lipinski definition) is 9. The zero-order valence-electron chi connectivity index (χ0n) is 14.2. The SMILES string of the molecule is CC1(C)O[C@H]([C@H](O)CO)[C@@H](c2nnc3sc(-c4ccc(N)cc4)nn23)O1. The van der Waals surface area contributed by atoms with Gasteiger partial charge in [0.25, 0.3) is 0 Å². The molecule has 4 rings (SSSR count). The van der Waals surface area contributed by atoms with Gasteiger partial charge in [0, 0.05) is 11.3 Å². The molecule has 3 atom stereocenters. The molecule has 3 heterocycles. The Labute approximate surface area is 153 Å². The lowest BCUT2D eigenvalue weighted by Gasteiger charge is -2.19. The van der Waals surface area contributed by atoms with Gasteiger partial charge in [0.05, 0.1) is 6.61 Å². The van der Waals surface area contributed by atoms with E-state index in [0.29, 0.717) is 16.5 Å². The predicted octanol–water partition coefficient (Wildman–Crippen LogP) is 0.981. The second-order valence-electron chi connectivity index (χ2n) is 6.55. The van der Waals surface area contributed by atoms with E-state index in [2.05, 4.69) is 15.3 Å². The number of hydrogen-bond donors (Lipinski definition) is 3. The quantitative estimate of drug-likeness (QED) is 0.574. The number of anilines is 1. The van der Waals surface area contributed by atoms with Crippen molar-refractivity contribution in [1.82, 2.24) is 19.8 Å². The van der Waals surface area contributed by atoms with Crippen LogP contribution >= 0.6 is 11.3 Å². The molecule has 138 valence electrons. The average Bonchev–Trinajstić information content (AvgIpc) is 3.26. The first kappa shape index (κ1) is 17.3. The molecule has 1 aromatic carbocycles. The highest BCUT2D eigenvalue weighted by atomic mass is 32.1. The molecule has 10 heteroatoms. The molecule has 0 radical (unpaired) electrons. The number of nitrogen functional groups attached to an aromatic ring is 1. The summed E-state index contributed by atoms with van der Waals surface area (Å²) in [5, 5.41) is 33.1. The summed E-state index contributed by atoms with van der Waals surface area (Å²) < 4.78 is 13.2. The Balaban J connectivity index is 1.73. The highest BCUT2D eigenvalue weighted by Gasteiger charge is 2.47. The lowest BCUT2D eigenvalue weighted by molar-refractivity contribution is -0.158. The molecule has 1 aliphatic heterocycles. The zero-order valence-corrected chi connectivity index (χ0v) is 15.1. The molecule has 3 aromatic rings. The maximum atomic E-state index is 10.1. The van der Waals surface area contributed by atoms with Crippen molar-refractivity contribution in [2.45, 2.75) is 37.9 Å². The minimum Gasteiger partial charge on any atom is -0.399 e. The Hall–Kier alpha value is -2.11. The number of aromatic nitrogens is 4. The molecule has 0 saturated carbocycles. The van der Waals surface area contributed by atoms with Crippen LogP contribution in [0.15, 0.2) is 24.3 Å². The summed E-state index contributed by atoms with van der Waals surface area (Å²) in [5.74, 6) is -0.506. The monoisotopic (exact) mass is 377 g/mol. The topological polar surface area (TPSA) is 128 Å². The summed E-state index contributed by atoms with van der Waals surface area (Å²) in [4.78, 5) is 0.595. The van der Waals surface area contributed by atoms with Crippen molar-refractivity contribution in [3.8, 4) is 10.6 Å². The third-order valence-corrected chi connectivity index (χ3v) is 5.07. The van der Waals surface area contributed by atoms with Crippen LogP contribution in [-0.2, 0) is 9.47 Å². The number of aliphatic hydroxyl groups is 2. The van der Waals surface area contributed by atoms with Crippen LogP contribution in [0.2, 0.25) is 0 Å². The maximum Gasteiger partial charge on any atom is 0.235 e. The minimum atomic E-state index is -1.11. The fraction of sp³-hybridized carbons (Fsp3) is 0.438. The van der Waals surface area contributed by atoms with Crippen LogP contribution in [0, 0.1) is 0 Å². The van der Waals surface area contributed by atoms with Gasteiger partial charge in [0.1, 0.15) is 17.2 Å². The molecule has 0 bridgehead atoms. The van der Waals surface area contributed by atoms with Crippen LogP contribution in [0.5, 0.6) is 0 Å². The second-order valence-corrected chi connectivity index (χ2v) is 7.51. The van der Waals surface area contributed by atoms with Gasteiger partial charge in [0.15, 0.2) is 17.7 Å². The molecule has 0 spiro atoms. The Morgan fingerprint density at radius 1 is 1.27 bits per heavy atom. The lowest BCUT2D eigenvalue weighted by atomic mass is 10.1. The van der Waals surface area contributed by atoms with Crippen LogP contribution in [0.1, 0.15) is 25.8 Å². The van der Waals surface area contributed by atoms with Crippen molar-refractivity contribution in [3.05, 3.63) is 30.1 Å². The van der Waals surface area contributed by atoms with Crippen molar-refractivity contribution in [1.29, 1.82) is 0 Å². The number of nitrogens with zero attached hydrogens (tertiary/aromatic N) is 4. The molecular weight excluding hydrogens is 358 g/mol. The molecule has 9 nitrogen and oxygen atoms in total. The molecule has 4 N–H and O–H groups in total. The van der Waals surface area contributed by atoms with Crippen molar-refractivity contribution in [3.63, 3.8) is 0 Å². The molecular formula is C16H19N5O4S. The van der Waals surface area contributed by atoms with Crippen molar-refractivity contribution < 1.29 is 19.7 Å². The van der Waals surface area contributed by atoms with Gasteiger partial charge in [-0.15, -0.1) is 10.2 Å². The van der Waals surface area contributed by atoms with Crippen LogP contribution in [0.25, 0.3) is 15.5 Å². The minimum absolute atomic E-state index is 0.418. The highest BCUT2D eigenvalue weighted by molar-refractivity contribution is 7.19. The number of rotatable bonds is 4. The second kappa shape index (κ2) is 6.25. The van der Waals surface area contributed by atoms with E-state index in [4.69, 9.17) is 15.2 Å². The van der Waals surface area contributed by atoms with Gasteiger partial charge in [-0.1, -0.05) is 11.3 Å². The lowest BCUT2D eigenvalue weighted by Crippen LogP contribution is -2.35. The molecule has 1 fully saturated rings. The van der Waals surface area contributed by atoms with Crippen LogP contribution < -0.4 is 5.73 Å². The van der Waals surface area contributed by atoms with Crippen molar-refractivity contribution in [2.75, 3.05) is 12.3 Å². The van der Waals surface area contributed by atoms with Gasteiger partial charge in [-0.25, -0.2) is 0 Å². The Morgan fingerprint density at radius 3 is 2.69 bits per heavy atom. The summed E-state index contributed by atoms with van der Waals surface area (Å²) in [5.41, 5.74) is 7.32. The summed E-state index contributed by atoms with van der Waals surface area (Å²) >= 11 is 1.38. The summed E-state index contributed by atoms with van der Waals surface area (Å²) in [6.07, 6.45) is -2.59. The molecule has 26 heavy (non-hydrogen) atoms. The molecule has 1 aliphatic rings. The third-order valence-electron chi connectivity index (χ3n) is 4.12. The van der Waals surface area contributed by atoms with E-state index >= 15 is 0 Å². The number of fused-ring (bicyclic) bond motifs is 1. The van der Waals surface area contributed by atoms with Crippen LogP contribution in [0.3, 0.4) is 0 Å². The van der Waals surface area contributed by atoms with Gasteiger partial charge in [0.2, 0.25) is 4.96 Å². The van der Waals surface area contributed by atoms with E-state index < -0.39 is 30.7 Å². The standard InChI is InChI=1S/C16H19N5O4S/c1-16(2)24-11(10(23)7-22)12(25-16)13-18-19-15-21(13)20-14(26-15)8-3-5-9(17)6-4-8/h3-6,10-12,22-23H,7,17H2,1-2H3/t10-,11-,12+/m1/s1. The molecule has 2 aromatic heterocycles. The Bertz CT molecular complexity index is 923. The fourth-order valence-corrected chi connectivity index (χ4v) is 3.78. The van der Waals surface area contributed by atoms with E-state index in [1.54, 1.807) is 18.4 Å². The normalized spacial score (nSPS) is 23.5. The van der Waals surface area contributed by atoms with E-state index in [1.165, 1.54) is 11.3 Å². The smallest absolute Gasteiger partial charge is 0.235 e. The number of ether oxygens (including phenoxy) is 2. The van der Waals surface area contributed by atoms with E-state index in [9.17, 15) is 10.2 Å². The fourth-order valence-electron chi connectivity index (χ4n) is 2.93. The van der Waals surface area contributed by atoms with E-state index in [0.717, 1.165) is 10.6 Å². The van der Waals surface area contributed by atoms with Crippen molar-refractivity contribution >= 4 is 22.0 Å². The first-order chi connectivity index (χ1) is 12.4. The Kier molecular flexibility index (Phi) is 4.16. The van der Waals surface area contributed by atoms with Gasteiger partial charge >= 0.3 is 0 Å². The van der Waals surface area contributed by atoms with Gasteiger partial charge < -0.3 is 25.4 Å². The first-order valence-electron chi connectivity index (χ1n) is 8.10. The summed E-state index contributed by atoms with van der Waals surface area (Å²) in [6.45, 7) is 3.03. The third kappa shape index (κ3) is 2.95. The molecule has 0 amide bonds. The summed E-state index contributed by atoms with van der Waals surface area (Å²) in [6, 6.07) is 7.39. The number of nitrogens with two attached hydrogens (primary N) is 1. The predicted molar refractivity (Wildman–Crippen MR) is 94.4 cm³/mol. The first-order valence-corrected chi connectivity index (χ1v) is 8.92. The number of aliphatic hydroxyl groups excluding tert-OH is 2. The average molecular weight is 377 g/mol. The zero-order chi connectivity index (χ0) is 18.5. The molecule has 1 saturated heterocycles. The van der Waals surface area contributed by atoms with Crippen molar-refractivity contribution in [2.24, 2.45) is 0 Å². The van der Waals surface area contributed by atoms with Crippen LogP contribution in [0.4, 0.5) is 5.69 Å². The Morgan fingerprint density at radius 2 is 2.00 bits per heavy atom. The largest absolute Gasteiger partial charge is 0.399 e. The van der Waals surface area contributed by atoms with Gasteiger partial charge in [-0.05, 0) is 38.1 Å². The number of benzene rings is 1. The summed E-state index contributed by atoms with van der Waals surface area (Å²) in [7, 11) is 0. The van der Waals surface area contributed by atoms with Gasteiger partial charge in [-0.2, -0.15) is 9.61 Å². The van der Waals surface area contributed by atoms with E-state index in [1.807, 2.05) is 24.3 Å². The van der Waals surface area contributed by atoms with E-state index in [-0.39, 0.29) is 0 Å². The van der Waals surface area contributed by atoms with Crippen LogP contribution in [-0.4, -0.2) is 54.6 Å². The maximum absolute atomic E-state index is 10.1. The molecule has 0 unspecified atom stereocenters. The van der Waals surface area contributed by atoms with Gasteiger partial charge in [-0.3, -0.25) is 0 Å². The highest BCUT2D eigenvalue weighted by Crippen LogP contribution is 2.39.